The lowest BCUT2D eigenvalue weighted by molar-refractivity contribution is -0.0403. The minimum Gasteiger partial charge on any atom is -0.352 e. The number of aromatic amines is 2. The zero-order chi connectivity index (χ0) is 30.6. The Bertz CT molecular complexity index is 1790. The van der Waals surface area contributed by atoms with E-state index in [0.717, 1.165) is 0 Å². The van der Waals surface area contributed by atoms with E-state index < -0.39 is 56.4 Å². The highest BCUT2D eigenvalue weighted by atomic mass is 31.2. The molecule has 3 aromatic heterocycles. The number of rotatable bonds is 12. The number of ether oxygens (including phenoxy) is 2. The molecular weight excluding hydrogens is 591 g/mol. The number of phosphoric ester groups is 1. The van der Waals surface area contributed by atoms with Gasteiger partial charge in [0.15, 0.2) is 11.2 Å². The van der Waals surface area contributed by atoms with Crippen LogP contribution in [-0.4, -0.2) is 67.1 Å². The molecule has 5 rings (SSSR count). The molecule has 20 heteroatoms. The van der Waals surface area contributed by atoms with Gasteiger partial charge in [-0.15, -0.1) is 0 Å². The maximum absolute atomic E-state index is 13.5. The van der Waals surface area contributed by atoms with E-state index in [9.17, 15) is 18.9 Å². The number of nitrogens with one attached hydrogen (secondary N) is 2. The van der Waals surface area contributed by atoms with Crippen molar-refractivity contribution < 1.29 is 27.6 Å². The molecule has 6 atom stereocenters. The summed E-state index contributed by atoms with van der Waals surface area (Å²) in [6.07, 6.45) is 2.20. The molecule has 0 spiro atoms. The van der Waals surface area contributed by atoms with Crippen molar-refractivity contribution in [1.29, 1.82) is 5.26 Å². The number of imidazole rings is 1. The van der Waals surface area contributed by atoms with Gasteiger partial charge in [0, 0.05) is 23.1 Å². The molecular formula is C23H27N10O9P. The Morgan fingerprint density at radius 1 is 1.16 bits per heavy atom. The third-order valence-electron chi connectivity index (χ3n) is 6.90. The summed E-state index contributed by atoms with van der Waals surface area (Å²) in [5, 5.41) is 12.6. The second-order valence-electron chi connectivity index (χ2n) is 9.74. The summed E-state index contributed by atoms with van der Waals surface area (Å²) in [6, 6.07) is 1.06. The molecule has 2 aliphatic heterocycles. The van der Waals surface area contributed by atoms with E-state index in [1.54, 1.807) is 4.57 Å². The van der Waals surface area contributed by atoms with Gasteiger partial charge in [0.05, 0.1) is 63.2 Å². The third-order valence-corrected chi connectivity index (χ3v) is 8.33. The van der Waals surface area contributed by atoms with Crippen molar-refractivity contribution in [2.45, 2.75) is 63.3 Å². The third kappa shape index (κ3) is 6.76. The molecule has 2 aliphatic rings. The first-order valence-electron chi connectivity index (χ1n) is 13.2. The smallest absolute Gasteiger partial charge is 0.352 e. The average molecular weight is 619 g/mol. The summed E-state index contributed by atoms with van der Waals surface area (Å²) < 4.78 is 44.7. The van der Waals surface area contributed by atoms with Crippen LogP contribution in [0.5, 0.6) is 0 Å². The summed E-state index contributed by atoms with van der Waals surface area (Å²) in [5.41, 5.74) is 8.21. The summed E-state index contributed by atoms with van der Waals surface area (Å²) in [5.74, 6) is 0. The van der Waals surface area contributed by atoms with Gasteiger partial charge in [-0.1, -0.05) is 5.11 Å². The van der Waals surface area contributed by atoms with Gasteiger partial charge in [-0.3, -0.25) is 37.3 Å². The molecule has 0 radical (unpaired) electrons. The van der Waals surface area contributed by atoms with Gasteiger partial charge in [-0.2, -0.15) is 5.26 Å². The molecule has 43 heavy (non-hydrogen) atoms. The Hall–Kier alpha value is -4.14. The van der Waals surface area contributed by atoms with Crippen LogP contribution in [0, 0.1) is 18.3 Å². The van der Waals surface area contributed by atoms with Gasteiger partial charge in [0.1, 0.15) is 12.5 Å². The Morgan fingerprint density at radius 2 is 1.98 bits per heavy atom. The van der Waals surface area contributed by atoms with Crippen LogP contribution in [0.4, 0.5) is 0 Å². The molecule has 228 valence electrons. The minimum atomic E-state index is -4.28. The second-order valence-corrected chi connectivity index (χ2v) is 11.4. The molecule has 0 amide bonds. The van der Waals surface area contributed by atoms with Crippen LogP contribution in [-0.2, 0) is 27.6 Å². The van der Waals surface area contributed by atoms with Crippen molar-refractivity contribution in [1.82, 2.24) is 29.1 Å². The normalized spacial score (nSPS) is 24.9. The lowest BCUT2D eigenvalue weighted by Crippen LogP contribution is -2.33. The molecule has 19 nitrogen and oxygen atoms in total. The predicted octanol–water partition coefficient (Wildman–Crippen LogP) is 1.69. The van der Waals surface area contributed by atoms with Crippen LogP contribution in [0.2, 0.25) is 0 Å². The van der Waals surface area contributed by atoms with E-state index in [4.69, 9.17) is 33.8 Å². The first-order valence-corrected chi connectivity index (χ1v) is 14.7. The van der Waals surface area contributed by atoms with Gasteiger partial charge in [-0.05, 0) is 25.3 Å². The van der Waals surface area contributed by atoms with Crippen molar-refractivity contribution in [3.63, 3.8) is 0 Å². The summed E-state index contributed by atoms with van der Waals surface area (Å²) in [6.45, 7) is 0.674. The summed E-state index contributed by atoms with van der Waals surface area (Å²) in [7, 11) is -4.28. The SMILES string of the molecule is Cc1cn([C@H]2CC(N=[N+]=[N-])[C@@H](COP(=O)(OCCC#N)OC[C@H]3CC[C@@H](n4cnc5c(=O)[nH]cnc54)O3)O2)c(=O)[nH]c1=O. The highest BCUT2D eigenvalue weighted by Crippen LogP contribution is 2.51. The van der Waals surface area contributed by atoms with Crippen molar-refractivity contribution in [3.05, 3.63) is 66.0 Å². The van der Waals surface area contributed by atoms with Crippen LogP contribution in [0.15, 0.2) is 38.3 Å². The number of azide groups is 1. The maximum Gasteiger partial charge on any atom is 0.474 e. The van der Waals surface area contributed by atoms with Gasteiger partial charge in [0.2, 0.25) is 0 Å². The highest BCUT2D eigenvalue weighted by Gasteiger charge is 2.40. The van der Waals surface area contributed by atoms with E-state index in [1.165, 1.54) is 30.3 Å². The number of phosphoric acid groups is 1. The molecule has 2 fully saturated rings. The fourth-order valence-corrected chi connectivity index (χ4v) is 5.98. The number of H-pyrrole nitrogens is 2. The lowest BCUT2D eigenvalue weighted by atomic mass is 10.1. The van der Waals surface area contributed by atoms with Gasteiger partial charge in [0.25, 0.3) is 11.1 Å². The van der Waals surface area contributed by atoms with Crippen molar-refractivity contribution >= 4 is 19.0 Å². The number of hydrogen-bond donors (Lipinski definition) is 2. The highest BCUT2D eigenvalue weighted by molar-refractivity contribution is 7.48. The predicted molar refractivity (Wildman–Crippen MR) is 145 cm³/mol. The molecule has 2 unspecified atom stereocenters. The van der Waals surface area contributed by atoms with Crippen molar-refractivity contribution in [2.75, 3.05) is 19.8 Å². The van der Waals surface area contributed by atoms with Crippen molar-refractivity contribution in [2.24, 2.45) is 5.11 Å². The topological polar surface area (TPSA) is 254 Å². The van der Waals surface area contributed by atoms with E-state index >= 15 is 0 Å². The van der Waals surface area contributed by atoms with Gasteiger partial charge >= 0.3 is 13.5 Å². The zero-order valence-corrected chi connectivity index (χ0v) is 23.7. The first-order chi connectivity index (χ1) is 20.7. The second kappa shape index (κ2) is 13.0. The van der Waals surface area contributed by atoms with Crippen LogP contribution in [0.3, 0.4) is 0 Å². The number of fused-ring (bicyclic) bond motifs is 1. The van der Waals surface area contributed by atoms with E-state index in [-0.39, 0.29) is 42.7 Å². The largest absolute Gasteiger partial charge is 0.474 e. The number of nitrogens with zero attached hydrogens (tertiary/aromatic N) is 8. The monoisotopic (exact) mass is 618 g/mol. The maximum atomic E-state index is 13.5. The quantitative estimate of drug-likeness (QED) is 0.0966. The van der Waals surface area contributed by atoms with E-state index in [1.807, 2.05) is 6.07 Å². The molecule has 3 aromatic rings. The molecule has 0 aromatic carbocycles. The summed E-state index contributed by atoms with van der Waals surface area (Å²) in [4.78, 5) is 51.8. The van der Waals surface area contributed by atoms with Gasteiger partial charge < -0.3 is 14.5 Å². The number of nitriles is 1. The number of aryl methyl sites for hydroxylation is 1. The first kappa shape index (κ1) is 30.3. The average Bonchev–Trinajstić information content (AvgIpc) is 3.72. The standard InChI is InChI=1S/C23H27N10O9P/c1-13-8-32(23(36)29-21(13)34)18-7-15(30-31-25)16(42-18)10-40-43(37,38-6-2-5-24)39-9-14-3-4-17(41-14)33-12-28-19-20(33)26-11-27-22(19)35/h8,11-12,14-18H,2-4,6-7,9-10H2,1H3,(H,26,27,35)(H,29,34,36)/t14-,15?,16-,17+,18-,43?/m1/s1. The lowest BCUT2D eigenvalue weighted by Gasteiger charge is -2.22. The van der Waals surface area contributed by atoms with Crippen LogP contribution in [0.25, 0.3) is 21.6 Å². The fourth-order valence-electron chi connectivity index (χ4n) is 4.77. The van der Waals surface area contributed by atoms with E-state index in [0.29, 0.717) is 18.5 Å². The fraction of sp³-hybridized carbons (Fsp3) is 0.565. The number of hydrogen-bond acceptors (Lipinski definition) is 13. The zero-order valence-electron chi connectivity index (χ0n) is 22.8. The Morgan fingerprint density at radius 3 is 2.77 bits per heavy atom. The number of aromatic nitrogens is 6. The molecule has 5 heterocycles. The molecule has 0 saturated carbocycles. The van der Waals surface area contributed by atoms with Crippen LogP contribution >= 0.6 is 7.82 Å². The minimum absolute atomic E-state index is 0.0743. The van der Waals surface area contributed by atoms with Crippen molar-refractivity contribution in [3.8, 4) is 6.07 Å². The molecule has 2 saturated heterocycles. The Labute approximate surface area is 241 Å². The summed E-state index contributed by atoms with van der Waals surface area (Å²) >= 11 is 0. The molecule has 0 aliphatic carbocycles. The Kier molecular flexibility index (Phi) is 9.18. The van der Waals surface area contributed by atoms with Gasteiger partial charge in [-0.25, -0.2) is 19.3 Å². The molecule has 0 bridgehead atoms. The Balaban J connectivity index is 1.24. The van der Waals surface area contributed by atoms with Crippen LogP contribution < -0.4 is 16.8 Å². The van der Waals surface area contributed by atoms with E-state index in [2.05, 4.69) is 30.0 Å². The van der Waals surface area contributed by atoms with Crippen LogP contribution in [0.1, 0.15) is 43.7 Å². The molecule has 2 N–H and O–H groups in total.